The van der Waals surface area contributed by atoms with Crippen molar-refractivity contribution in [3.8, 4) is 11.8 Å². The maximum atomic E-state index is 10.7. The van der Waals surface area contributed by atoms with Crippen LogP contribution in [0.4, 0.5) is 5.69 Å². The average Bonchev–Trinajstić information content (AvgIpc) is 2.27. The minimum Gasteiger partial charge on any atom is -0.478 e. The van der Waals surface area contributed by atoms with Crippen molar-refractivity contribution in [2.45, 2.75) is 6.10 Å². The van der Waals surface area contributed by atoms with Gasteiger partial charge >= 0.3 is 5.97 Å². The standard InChI is InChI=1S/C10H8N2O3/c11-4-6-2-1-3-7-9(6)15-8(5-12-7)10(13)14/h1-3,8,12H,5H2,(H,13,14). The second-order valence-electron chi connectivity index (χ2n) is 3.12. The number of hydrogen-bond donors (Lipinski definition) is 2. The minimum atomic E-state index is -1.04. The quantitative estimate of drug-likeness (QED) is 0.707. The van der Waals surface area contributed by atoms with Crippen molar-refractivity contribution in [1.29, 1.82) is 5.26 Å². The molecule has 1 unspecified atom stereocenters. The Kier molecular flexibility index (Phi) is 2.18. The number of benzene rings is 1. The number of aliphatic carboxylic acids is 1. The maximum absolute atomic E-state index is 10.7. The third kappa shape index (κ3) is 1.57. The lowest BCUT2D eigenvalue weighted by atomic mass is 10.1. The van der Waals surface area contributed by atoms with Crippen molar-refractivity contribution >= 4 is 11.7 Å². The lowest BCUT2D eigenvalue weighted by Gasteiger charge is -2.25. The first-order chi connectivity index (χ1) is 7.22. The summed E-state index contributed by atoms with van der Waals surface area (Å²) >= 11 is 0. The van der Waals surface area contributed by atoms with Gasteiger partial charge in [-0.1, -0.05) is 6.07 Å². The van der Waals surface area contributed by atoms with Crippen LogP contribution in [0, 0.1) is 11.3 Å². The Bertz CT molecular complexity index is 450. The van der Waals surface area contributed by atoms with E-state index in [9.17, 15) is 4.79 Å². The summed E-state index contributed by atoms with van der Waals surface area (Å²) in [5.74, 6) is -0.723. The zero-order valence-electron chi connectivity index (χ0n) is 7.73. The number of carboxylic acid groups (broad SMARTS) is 1. The molecule has 0 saturated heterocycles. The Morgan fingerprint density at radius 1 is 1.67 bits per heavy atom. The van der Waals surface area contributed by atoms with Crippen molar-refractivity contribution in [3.63, 3.8) is 0 Å². The fraction of sp³-hybridized carbons (Fsp3) is 0.200. The molecule has 5 heteroatoms. The zero-order valence-corrected chi connectivity index (χ0v) is 7.73. The van der Waals surface area contributed by atoms with Crippen molar-refractivity contribution in [1.82, 2.24) is 0 Å². The van der Waals surface area contributed by atoms with Gasteiger partial charge in [0.2, 0.25) is 6.10 Å². The molecule has 0 radical (unpaired) electrons. The molecule has 0 bridgehead atoms. The lowest BCUT2D eigenvalue weighted by molar-refractivity contribution is -0.144. The molecule has 0 fully saturated rings. The fourth-order valence-corrected chi connectivity index (χ4v) is 1.42. The van der Waals surface area contributed by atoms with Crippen LogP contribution in [-0.4, -0.2) is 23.7 Å². The molecule has 0 aliphatic carbocycles. The Balaban J connectivity index is 2.39. The van der Waals surface area contributed by atoms with Crippen LogP contribution >= 0.6 is 0 Å². The van der Waals surface area contributed by atoms with Crippen molar-refractivity contribution < 1.29 is 14.6 Å². The molecule has 0 spiro atoms. The number of para-hydroxylation sites is 1. The average molecular weight is 204 g/mol. The topological polar surface area (TPSA) is 82.3 Å². The molecule has 5 nitrogen and oxygen atoms in total. The fourth-order valence-electron chi connectivity index (χ4n) is 1.42. The summed E-state index contributed by atoms with van der Waals surface area (Å²) < 4.78 is 5.23. The summed E-state index contributed by atoms with van der Waals surface area (Å²) in [4.78, 5) is 10.7. The predicted octanol–water partition coefficient (Wildman–Crippen LogP) is 0.816. The Hall–Kier alpha value is -2.22. The van der Waals surface area contributed by atoms with Crippen LogP contribution in [0.5, 0.6) is 5.75 Å². The SMILES string of the molecule is N#Cc1cccc2c1OC(C(=O)O)CN2. The second kappa shape index (κ2) is 3.50. The summed E-state index contributed by atoms with van der Waals surface area (Å²) in [6.07, 6.45) is -0.938. The molecule has 1 aromatic carbocycles. The Labute approximate surface area is 85.9 Å². The van der Waals surface area contributed by atoms with Crippen LogP contribution in [0.15, 0.2) is 18.2 Å². The largest absolute Gasteiger partial charge is 0.478 e. The first kappa shape index (κ1) is 9.34. The molecular weight excluding hydrogens is 196 g/mol. The number of anilines is 1. The number of nitrogens with one attached hydrogen (secondary N) is 1. The highest BCUT2D eigenvalue weighted by molar-refractivity contribution is 5.76. The smallest absolute Gasteiger partial charge is 0.346 e. The van der Waals surface area contributed by atoms with Gasteiger partial charge in [0, 0.05) is 0 Å². The highest BCUT2D eigenvalue weighted by Crippen LogP contribution is 2.32. The molecule has 1 aliphatic heterocycles. The second-order valence-corrected chi connectivity index (χ2v) is 3.12. The van der Waals surface area contributed by atoms with E-state index < -0.39 is 12.1 Å². The van der Waals surface area contributed by atoms with E-state index in [0.29, 0.717) is 17.0 Å². The molecule has 0 saturated carbocycles. The zero-order chi connectivity index (χ0) is 10.8. The third-order valence-electron chi connectivity index (χ3n) is 2.15. The van der Waals surface area contributed by atoms with Crippen LogP contribution < -0.4 is 10.1 Å². The molecule has 0 amide bonds. The van der Waals surface area contributed by atoms with Crippen LogP contribution in [0.3, 0.4) is 0 Å². The first-order valence-electron chi connectivity index (χ1n) is 4.39. The van der Waals surface area contributed by atoms with Crippen molar-refractivity contribution in [2.24, 2.45) is 0 Å². The molecule has 1 aliphatic rings. The number of nitriles is 1. The minimum absolute atomic E-state index is 0.206. The summed E-state index contributed by atoms with van der Waals surface area (Å²) in [6, 6.07) is 7.01. The van der Waals surface area contributed by atoms with Crippen LogP contribution in [-0.2, 0) is 4.79 Å². The van der Waals surface area contributed by atoms with E-state index in [0.717, 1.165) is 0 Å². The number of hydrogen-bond acceptors (Lipinski definition) is 4. The van der Waals surface area contributed by atoms with Gasteiger partial charge in [-0.15, -0.1) is 0 Å². The van der Waals surface area contributed by atoms with Crippen LogP contribution in [0.1, 0.15) is 5.56 Å². The molecule has 1 aromatic rings. The normalized spacial score (nSPS) is 17.9. The summed E-state index contributed by atoms with van der Waals surface area (Å²) in [7, 11) is 0. The molecule has 76 valence electrons. The molecule has 2 rings (SSSR count). The lowest BCUT2D eigenvalue weighted by Crippen LogP contribution is -2.37. The number of nitrogens with zero attached hydrogens (tertiary/aromatic N) is 1. The van der Waals surface area contributed by atoms with Gasteiger partial charge in [-0.25, -0.2) is 4.79 Å². The third-order valence-corrected chi connectivity index (χ3v) is 2.15. The highest BCUT2D eigenvalue weighted by Gasteiger charge is 2.26. The van der Waals surface area contributed by atoms with Crippen LogP contribution in [0.25, 0.3) is 0 Å². The molecular formula is C10H8N2O3. The van der Waals surface area contributed by atoms with Gasteiger partial charge in [0.1, 0.15) is 6.07 Å². The molecule has 0 aromatic heterocycles. The maximum Gasteiger partial charge on any atom is 0.346 e. The summed E-state index contributed by atoms with van der Waals surface area (Å²) in [5.41, 5.74) is 0.998. The van der Waals surface area contributed by atoms with Gasteiger partial charge in [-0.05, 0) is 12.1 Å². The summed E-state index contributed by atoms with van der Waals surface area (Å²) in [5, 5.41) is 20.5. The van der Waals surface area contributed by atoms with E-state index >= 15 is 0 Å². The van der Waals surface area contributed by atoms with E-state index in [1.807, 2.05) is 6.07 Å². The van der Waals surface area contributed by atoms with Crippen molar-refractivity contribution in [3.05, 3.63) is 23.8 Å². The monoisotopic (exact) mass is 204 g/mol. The van der Waals surface area contributed by atoms with Gasteiger partial charge < -0.3 is 15.2 Å². The van der Waals surface area contributed by atoms with E-state index in [4.69, 9.17) is 15.1 Å². The first-order valence-corrected chi connectivity index (χ1v) is 4.39. The number of carboxylic acids is 1. The number of ether oxygens (including phenoxy) is 1. The van der Waals surface area contributed by atoms with Gasteiger partial charge in [0.05, 0.1) is 17.8 Å². The van der Waals surface area contributed by atoms with Crippen molar-refractivity contribution in [2.75, 3.05) is 11.9 Å². The molecule has 1 atom stereocenters. The number of fused-ring (bicyclic) bond motifs is 1. The van der Waals surface area contributed by atoms with E-state index in [1.165, 1.54) is 0 Å². The van der Waals surface area contributed by atoms with E-state index in [1.54, 1.807) is 18.2 Å². The van der Waals surface area contributed by atoms with Gasteiger partial charge in [-0.2, -0.15) is 5.26 Å². The Morgan fingerprint density at radius 2 is 2.47 bits per heavy atom. The molecule has 1 heterocycles. The molecule has 2 N–H and O–H groups in total. The van der Waals surface area contributed by atoms with Crippen LogP contribution in [0.2, 0.25) is 0 Å². The van der Waals surface area contributed by atoms with Gasteiger partial charge in [0.15, 0.2) is 5.75 Å². The predicted molar refractivity (Wildman–Crippen MR) is 51.7 cm³/mol. The highest BCUT2D eigenvalue weighted by atomic mass is 16.5. The van der Waals surface area contributed by atoms with E-state index in [-0.39, 0.29) is 6.54 Å². The number of carbonyl (C=O) groups is 1. The molecule has 15 heavy (non-hydrogen) atoms. The summed E-state index contributed by atoms with van der Waals surface area (Å²) in [6.45, 7) is 0.206. The van der Waals surface area contributed by atoms with E-state index in [2.05, 4.69) is 5.32 Å². The van der Waals surface area contributed by atoms with Gasteiger partial charge in [-0.3, -0.25) is 0 Å². The number of rotatable bonds is 1. The Morgan fingerprint density at radius 3 is 3.13 bits per heavy atom. The van der Waals surface area contributed by atoms with Gasteiger partial charge in [0.25, 0.3) is 0 Å².